The number of benzene rings is 1. The minimum atomic E-state index is -0.526. The van der Waals surface area contributed by atoms with E-state index in [1.807, 2.05) is 6.92 Å². The molecule has 1 aromatic carbocycles. The first kappa shape index (κ1) is 14.7. The van der Waals surface area contributed by atoms with E-state index in [1.165, 1.54) is 18.2 Å². The van der Waals surface area contributed by atoms with E-state index in [-0.39, 0.29) is 23.6 Å². The number of amides is 1. The summed E-state index contributed by atoms with van der Waals surface area (Å²) in [6.45, 7) is 2.08. The van der Waals surface area contributed by atoms with Crippen molar-refractivity contribution in [2.45, 2.75) is 13.0 Å². The highest BCUT2D eigenvalue weighted by Crippen LogP contribution is 2.20. The van der Waals surface area contributed by atoms with Gasteiger partial charge in [-0.3, -0.25) is 4.79 Å². The van der Waals surface area contributed by atoms with E-state index in [0.29, 0.717) is 12.4 Å². The molecule has 0 aliphatic rings. The van der Waals surface area contributed by atoms with E-state index < -0.39 is 5.82 Å². The van der Waals surface area contributed by atoms with Crippen LogP contribution >= 0.6 is 11.6 Å². The molecule has 0 bridgehead atoms. The quantitative estimate of drug-likeness (QED) is 0.864. The fraction of sp³-hybridized carbons (Fsp3) is 0.417. The zero-order valence-corrected chi connectivity index (χ0v) is 11.0. The van der Waals surface area contributed by atoms with Crippen LogP contribution in [-0.2, 0) is 9.53 Å². The van der Waals surface area contributed by atoms with Gasteiger partial charge in [0.15, 0.2) is 6.61 Å². The Labute approximate surface area is 110 Å². The number of rotatable bonds is 6. The summed E-state index contributed by atoms with van der Waals surface area (Å²) in [6.07, 6.45) is 0. The maximum Gasteiger partial charge on any atom is 0.258 e. The summed E-state index contributed by atoms with van der Waals surface area (Å²) in [5.74, 6) is -0.460. The van der Waals surface area contributed by atoms with Crippen LogP contribution in [0.5, 0.6) is 5.75 Å². The van der Waals surface area contributed by atoms with Crippen LogP contribution in [0, 0.1) is 5.82 Å². The normalized spacial score (nSPS) is 12.0. The Hall–Kier alpha value is -1.33. The second-order valence-electron chi connectivity index (χ2n) is 3.79. The molecule has 0 fully saturated rings. The van der Waals surface area contributed by atoms with Gasteiger partial charge in [0.05, 0.1) is 11.6 Å². The van der Waals surface area contributed by atoms with Gasteiger partial charge >= 0.3 is 0 Å². The summed E-state index contributed by atoms with van der Waals surface area (Å²) >= 11 is 5.58. The lowest BCUT2D eigenvalue weighted by molar-refractivity contribution is -0.124. The number of carbonyl (C=O) groups is 1. The maximum absolute atomic E-state index is 12.9. The molecular weight excluding hydrogens is 261 g/mol. The van der Waals surface area contributed by atoms with Crippen LogP contribution in [0.3, 0.4) is 0 Å². The van der Waals surface area contributed by atoms with Gasteiger partial charge in [-0.05, 0) is 19.1 Å². The molecule has 0 aliphatic carbocycles. The molecular formula is C12H15ClFNO3. The fourth-order valence-electron chi connectivity index (χ4n) is 1.32. The SMILES string of the molecule is COCC(C)NC(=O)COc1ccc(F)c(Cl)c1. The summed E-state index contributed by atoms with van der Waals surface area (Å²) in [4.78, 5) is 11.5. The van der Waals surface area contributed by atoms with Crippen molar-refractivity contribution >= 4 is 17.5 Å². The summed E-state index contributed by atoms with van der Waals surface area (Å²) in [5, 5.41) is 2.64. The number of hydrogen-bond donors (Lipinski definition) is 1. The van der Waals surface area contributed by atoms with Gasteiger partial charge < -0.3 is 14.8 Å². The van der Waals surface area contributed by atoms with Crippen LogP contribution < -0.4 is 10.1 Å². The molecule has 0 aromatic heterocycles. The van der Waals surface area contributed by atoms with Gasteiger partial charge in [-0.2, -0.15) is 0 Å². The minimum Gasteiger partial charge on any atom is -0.484 e. The number of carbonyl (C=O) groups excluding carboxylic acids is 1. The zero-order chi connectivity index (χ0) is 13.5. The van der Waals surface area contributed by atoms with E-state index in [1.54, 1.807) is 7.11 Å². The third-order valence-corrected chi connectivity index (χ3v) is 2.37. The van der Waals surface area contributed by atoms with Gasteiger partial charge in [0.1, 0.15) is 11.6 Å². The smallest absolute Gasteiger partial charge is 0.258 e. The lowest BCUT2D eigenvalue weighted by Crippen LogP contribution is -2.38. The van der Waals surface area contributed by atoms with Crippen molar-refractivity contribution in [3.05, 3.63) is 29.0 Å². The van der Waals surface area contributed by atoms with Crippen molar-refractivity contribution in [1.29, 1.82) is 0 Å². The Morgan fingerprint density at radius 2 is 2.28 bits per heavy atom. The number of nitrogens with one attached hydrogen (secondary N) is 1. The van der Waals surface area contributed by atoms with Crippen molar-refractivity contribution in [2.24, 2.45) is 0 Å². The molecule has 100 valence electrons. The highest BCUT2D eigenvalue weighted by Gasteiger charge is 2.08. The number of methoxy groups -OCH3 is 1. The molecule has 1 N–H and O–H groups in total. The van der Waals surface area contributed by atoms with Crippen molar-refractivity contribution < 1.29 is 18.7 Å². The summed E-state index contributed by atoms with van der Waals surface area (Å²) in [5.41, 5.74) is 0. The Bertz CT molecular complexity index is 414. The van der Waals surface area contributed by atoms with E-state index in [2.05, 4.69) is 5.32 Å². The van der Waals surface area contributed by atoms with Crippen molar-refractivity contribution in [1.82, 2.24) is 5.32 Å². The first-order chi connectivity index (χ1) is 8.52. The Balaban J connectivity index is 2.40. The van der Waals surface area contributed by atoms with Gasteiger partial charge in [-0.1, -0.05) is 11.6 Å². The molecule has 1 amide bonds. The van der Waals surface area contributed by atoms with E-state index >= 15 is 0 Å². The van der Waals surface area contributed by atoms with Gasteiger partial charge in [0, 0.05) is 19.2 Å². The molecule has 0 spiro atoms. The second-order valence-corrected chi connectivity index (χ2v) is 4.20. The van der Waals surface area contributed by atoms with Crippen LogP contribution in [-0.4, -0.2) is 32.3 Å². The summed E-state index contributed by atoms with van der Waals surface area (Å²) in [7, 11) is 1.56. The van der Waals surface area contributed by atoms with Crippen LogP contribution in [0.4, 0.5) is 4.39 Å². The van der Waals surface area contributed by atoms with E-state index in [0.717, 1.165) is 0 Å². The Kier molecular flexibility index (Phi) is 5.88. The van der Waals surface area contributed by atoms with Crippen molar-refractivity contribution in [2.75, 3.05) is 20.3 Å². The number of hydrogen-bond acceptors (Lipinski definition) is 3. The van der Waals surface area contributed by atoms with Gasteiger partial charge in [0.2, 0.25) is 0 Å². The Morgan fingerprint density at radius 1 is 1.56 bits per heavy atom. The fourth-order valence-corrected chi connectivity index (χ4v) is 1.49. The molecule has 1 atom stereocenters. The topological polar surface area (TPSA) is 47.6 Å². The molecule has 0 heterocycles. The largest absolute Gasteiger partial charge is 0.484 e. The van der Waals surface area contributed by atoms with Crippen LogP contribution in [0.15, 0.2) is 18.2 Å². The molecule has 1 rings (SSSR count). The second kappa shape index (κ2) is 7.18. The molecule has 6 heteroatoms. The highest BCUT2D eigenvalue weighted by molar-refractivity contribution is 6.30. The molecule has 0 saturated carbocycles. The standard InChI is InChI=1S/C12H15ClFNO3/c1-8(6-17-2)15-12(16)7-18-9-3-4-11(14)10(13)5-9/h3-5,8H,6-7H2,1-2H3,(H,15,16). The van der Waals surface area contributed by atoms with Crippen LogP contribution in [0.1, 0.15) is 6.92 Å². The van der Waals surface area contributed by atoms with Crippen LogP contribution in [0.2, 0.25) is 5.02 Å². The van der Waals surface area contributed by atoms with Crippen LogP contribution in [0.25, 0.3) is 0 Å². The minimum absolute atomic E-state index is 0.0411. The third kappa shape index (κ3) is 4.89. The molecule has 0 saturated heterocycles. The molecule has 1 unspecified atom stereocenters. The number of ether oxygens (including phenoxy) is 2. The molecule has 1 aromatic rings. The zero-order valence-electron chi connectivity index (χ0n) is 10.2. The van der Waals surface area contributed by atoms with Gasteiger partial charge in [-0.15, -0.1) is 0 Å². The predicted molar refractivity (Wildman–Crippen MR) is 66.4 cm³/mol. The first-order valence-corrected chi connectivity index (χ1v) is 5.77. The first-order valence-electron chi connectivity index (χ1n) is 5.39. The Morgan fingerprint density at radius 3 is 2.89 bits per heavy atom. The molecule has 0 aliphatic heterocycles. The monoisotopic (exact) mass is 275 g/mol. The predicted octanol–water partition coefficient (Wildman–Crippen LogP) is 2.01. The number of halogens is 2. The molecule has 4 nitrogen and oxygen atoms in total. The average molecular weight is 276 g/mol. The summed E-state index contributed by atoms with van der Waals surface area (Å²) in [6, 6.07) is 3.82. The van der Waals surface area contributed by atoms with Crippen molar-refractivity contribution in [3.63, 3.8) is 0 Å². The van der Waals surface area contributed by atoms with Gasteiger partial charge in [0.25, 0.3) is 5.91 Å². The van der Waals surface area contributed by atoms with Crippen molar-refractivity contribution in [3.8, 4) is 5.75 Å². The van der Waals surface area contributed by atoms with Gasteiger partial charge in [-0.25, -0.2) is 4.39 Å². The third-order valence-electron chi connectivity index (χ3n) is 2.09. The lowest BCUT2D eigenvalue weighted by Gasteiger charge is -2.13. The molecule has 0 radical (unpaired) electrons. The maximum atomic E-state index is 12.9. The lowest BCUT2D eigenvalue weighted by atomic mass is 10.3. The van der Waals surface area contributed by atoms with E-state index in [4.69, 9.17) is 21.1 Å². The van der Waals surface area contributed by atoms with E-state index in [9.17, 15) is 9.18 Å². The average Bonchev–Trinajstić information content (AvgIpc) is 2.31. The highest BCUT2D eigenvalue weighted by atomic mass is 35.5. The molecule has 18 heavy (non-hydrogen) atoms. The summed E-state index contributed by atoms with van der Waals surface area (Å²) < 4.78 is 22.9.